The standard InChI is InChI=1S/C14H13ClN4O2.C14H11ClN4O2.C14H15N5O2.C14H13N5O2.C13H11N5O2.H3N.H2O.3H2/c4*1-6-9-8(20)4-3-7-10(12(9)18-21-6)11-13(15)16-5-17-14(11)19(7)2;1-5-8-7(19)3-2-6-9(11(8)18-20-5)10-12(14)15-4-16-13(10)17-6;;;;;/h5,8,20H,3-4H2,1-2H3;5H,3-4H2,1-2H3;5,8,20H,3-4H2,1-2H3,(H2,15,16,17);5H,3-4H2,1-2H3,(H2,15,16,17);4H,2-3H2,1H3,(H3,14,15,16,17);1H3;1H2;3*1H. The van der Waals surface area contributed by atoms with E-state index in [2.05, 4.69) is 80.6 Å². The van der Waals surface area contributed by atoms with Crippen molar-refractivity contribution in [2.75, 3.05) is 17.2 Å². The summed E-state index contributed by atoms with van der Waals surface area (Å²) in [6.45, 7) is 8.86. The molecule has 15 heterocycles. The van der Waals surface area contributed by atoms with Crippen LogP contribution in [0.25, 0.3) is 111 Å². The van der Waals surface area contributed by atoms with Gasteiger partial charge >= 0.3 is 0 Å². The molecule has 5 aliphatic carbocycles. The van der Waals surface area contributed by atoms with Crippen molar-refractivity contribution in [1.29, 1.82) is 0 Å². The minimum Gasteiger partial charge on any atom is -0.412 e. The molecule has 106 heavy (non-hydrogen) atoms. The lowest BCUT2D eigenvalue weighted by Gasteiger charge is -2.07. The average Bonchev–Trinajstić information content (AvgIpc) is 1.60. The number of Topliss-reactive ketones (excluding diaryl/α,β-unsaturated/α-hetero) is 3. The van der Waals surface area contributed by atoms with Crippen molar-refractivity contribution in [2.45, 2.75) is 111 Å². The zero-order valence-corrected chi connectivity index (χ0v) is 60.0. The van der Waals surface area contributed by atoms with Gasteiger partial charge in [-0.3, -0.25) is 14.4 Å². The third kappa shape index (κ3) is 10.9. The number of rotatable bonds is 0. The van der Waals surface area contributed by atoms with Gasteiger partial charge in [0.15, 0.2) is 17.3 Å². The number of halogens is 2. The molecule has 0 saturated carbocycles. The number of hydrogen-bond acceptors (Lipinski definition) is 29. The number of carbonyl (C=O) groups is 3. The molecule has 0 fully saturated rings. The highest BCUT2D eigenvalue weighted by Gasteiger charge is 2.38. The van der Waals surface area contributed by atoms with Gasteiger partial charge in [0.05, 0.1) is 67.0 Å². The zero-order valence-electron chi connectivity index (χ0n) is 58.5. The van der Waals surface area contributed by atoms with Crippen molar-refractivity contribution in [1.82, 2.24) is 105 Å². The van der Waals surface area contributed by atoms with Crippen molar-refractivity contribution in [3.05, 3.63) is 127 Å². The van der Waals surface area contributed by atoms with Crippen LogP contribution in [0.15, 0.2) is 54.3 Å². The van der Waals surface area contributed by atoms with E-state index in [9.17, 15) is 24.6 Å². The summed E-state index contributed by atoms with van der Waals surface area (Å²) < 4.78 is 34.1. The van der Waals surface area contributed by atoms with Crippen LogP contribution in [-0.2, 0) is 60.3 Å². The van der Waals surface area contributed by atoms with Crippen LogP contribution in [0.1, 0.15) is 148 Å². The lowest BCUT2D eigenvalue weighted by atomic mass is 10.0. The number of nitrogens with zero attached hydrogens (tertiary/aromatic N) is 19. The Morgan fingerprint density at radius 3 is 1.14 bits per heavy atom. The van der Waals surface area contributed by atoms with E-state index in [0.29, 0.717) is 164 Å². The summed E-state index contributed by atoms with van der Waals surface area (Å²) in [6, 6.07) is 0. The second-order valence-corrected chi connectivity index (χ2v) is 26.6. The summed E-state index contributed by atoms with van der Waals surface area (Å²) in [5.74, 6) is 4.17. The number of nitrogen functional groups attached to an aromatic ring is 3. The molecule has 20 rings (SSSR count). The van der Waals surface area contributed by atoms with Gasteiger partial charge in [-0.2, -0.15) is 0 Å². The molecule has 0 bridgehead atoms. The molecule has 15 aromatic heterocycles. The Hall–Kier alpha value is -12.0. The molecule has 2 atom stereocenters. The number of nitrogens with one attached hydrogen (secondary N) is 1. The fourth-order valence-electron chi connectivity index (χ4n) is 15.3. The maximum absolute atomic E-state index is 12.3. The molecule has 15 aromatic rings. The van der Waals surface area contributed by atoms with E-state index in [0.717, 1.165) is 124 Å². The Morgan fingerprint density at radius 2 is 0.717 bits per heavy atom. The third-order valence-corrected chi connectivity index (χ3v) is 20.8. The lowest BCUT2D eigenvalue weighted by molar-refractivity contribution is 0.0974. The van der Waals surface area contributed by atoms with Crippen LogP contribution in [0.3, 0.4) is 0 Å². The highest BCUT2D eigenvalue weighted by Crippen LogP contribution is 2.48. The first-order chi connectivity index (χ1) is 50.0. The topological polar surface area (TPSA) is 531 Å². The minimum atomic E-state index is -0.586. The molecule has 0 aliphatic heterocycles. The Bertz CT molecular complexity index is 5840. The predicted octanol–water partition coefficient (Wildman–Crippen LogP) is 10.1. The summed E-state index contributed by atoms with van der Waals surface area (Å²) in [4.78, 5) is 81.8. The molecule has 550 valence electrons. The number of fused-ring (bicyclic) bond motifs is 25. The van der Waals surface area contributed by atoms with Gasteiger partial charge in [0.2, 0.25) is 0 Å². The SMILES string of the molecule is Cc1onc2c1C(=O)CCc1[nH]c3ncnc(N)c3c1-2.Cc1onc2c1C(=O)CCc1c-2c2c(Cl)ncnc2n1C.Cc1onc2c1C(=O)CCc1c-2c2c(N)ncnc2n1C.Cc1onc2c1C(O)CCc1c-2c2c(Cl)ncnc2n1C.Cc1onc2c1C(O)CCc1c-2c2c(N)ncnc2n1C.N.O.[HH].[HH].[HH]. The number of aryl methyl sites for hydroxylation is 10. The van der Waals surface area contributed by atoms with Crippen LogP contribution < -0.4 is 23.4 Å². The van der Waals surface area contributed by atoms with E-state index in [1.165, 1.54) is 31.6 Å². The van der Waals surface area contributed by atoms with Gasteiger partial charge < -0.3 is 84.9 Å². The fraction of sp³-hybridized carbons (Fsp3) is 0.304. The maximum Gasteiger partial charge on any atom is 0.169 e. The molecule has 0 aromatic carbocycles. The monoisotopic (exact) mass is 1480 g/mol. The Labute approximate surface area is 612 Å². The summed E-state index contributed by atoms with van der Waals surface area (Å²) in [5, 5.41) is 45.7. The quantitative estimate of drug-likeness (QED) is 0.0694. The van der Waals surface area contributed by atoms with Gasteiger partial charge in [0.1, 0.15) is 145 Å². The first kappa shape index (κ1) is 71.0. The molecular formula is C69H74Cl2N24O11. The number of aliphatic hydroxyl groups is 2. The van der Waals surface area contributed by atoms with E-state index >= 15 is 0 Å². The lowest BCUT2D eigenvalue weighted by Crippen LogP contribution is -2.03. The third-order valence-electron chi connectivity index (χ3n) is 20.2. The summed E-state index contributed by atoms with van der Waals surface area (Å²) in [7, 11) is 7.70. The second-order valence-electron chi connectivity index (χ2n) is 25.9. The fourth-order valence-corrected chi connectivity index (χ4v) is 15.8. The smallest absolute Gasteiger partial charge is 0.169 e. The zero-order chi connectivity index (χ0) is 72.7. The number of aliphatic hydroxyl groups excluding tert-OH is 2. The van der Waals surface area contributed by atoms with Gasteiger partial charge in [-0.25, -0.2) is 49.8 Å². The van der Waals surface area contributed by atoms with E-state index in [1.807, 2.05) is 60.3 Å². The highest BCUT2D eigenvalue weighted by molar-refractivity contribution is 6.36. The van der Waals surface area contributed by atoms with Crippen molar-refractivity contribution in [2.24, 2.45) is 28.2 Å². The number of hydrogen-bond donors (Lipinski definition) is 7. The van der Waals surface area contributed by atoms with E-state index in [1.54, 1.807) is 20.8 Å². The number of nitrogens with two attached hydrogens (primary N) is 3. The van der Waals surface area contributed by atoms with Crippen LogP contribution >= 0.6 is 23.2 Å². The number of aromatic nitrogens is 20. The maximum atomic E-state index is 12.3. The molecule has 0 amide bonds. The molecular weight excluding hydrogens is 1410 g/mol. The molecule has 14 N–H and O–H groups in total. The first-order valence-corrected chi connectivity index (χ1v) is 33.8. The molecule has 2 unspecified atom stereocenters. The normalized spacial score (nSPS) is 15.2. The predicted molar refractivity (Wildman–Crippen MR) is 392 cm³/mol. The Kier molecular flexibility index (Phi) is 18.0. The molecule has 0 saturated heterocycles. The molecule has 0 radical (unpaired) electrons. The van der Waals surface area contributed by atoms with E-state index in [-0.39, 0.29) is 33.3 Å². The van der Waals surface area contributed by atoms with Gasteiger partial charge in [-0.05, 0) is 79.6 Å². The number of aromatic amines is 1. The summed E-state index contributed by atoms with van der Waals surface area (Å²) in [6.07, 6.45) is 11.8. The molecule has 0 spiro atoms. The highest BCUT2D eigenvalue weighted by atomic mass is 35.5. The van der Waals surface area contributed by atoms with E-state index < -0.39 is 12.2 Å². The van der Waals surface area contributed by atoms with Crippen LogP contribution in [0.4, 0.5) is 17.5 Å². The second kappa shape index (κ2) is 26.9. The van der Waals surface area contributed by atoms with E-state index in [4.69, 9.17) is 63.0 Å². The summed E-state index contributed by atoms with van der Waals surface area (Å²) >= 11 is 12.5. The van der Waals surface area contributed by atoms with Crippen molar-refractivity contribution >= 4 is 113 Å². The Morgan fingerprint density at radius 1 is 0.406 bits per heavy atom. The average molecular weight is 1490 g/mol. The van der Waals surface area contributed by atoms with Crippen LogP contribution in [-0.4, -0.2) is 132 Å². The van der Waals surface area contributed by atoms with Gasteiger partial charge in [-0.1, -0.05) is 49.0 Å². The number of anilines is 3. The number of carbonyl (C=O) groups excluding carboxylic acids is 3. The van der Waals surface area contributed by atoms with Gasteiger partial charge in [-0.15, -0.1) is 0 Å². The molecule has 37 heteroatoms. The minimum absolute atomic E-state index is 0. The van der Waals surface area contributed by atoms with Crippen molar-refractivity contribution in [3.63, 3.8) is 0 Å². The van der Waals surface area contributed by atoms with Crippen molar-refractivity contribution in [3.8, 4) is 56.3 Å². The van der Waals surface area contributed by atoms with Crippen LogP contribution in [0.2, 0.25) is 10.3 Å². The number of ketones is 3. The molecule has 5 aliphatic rings. The largest absolute Gasteiger partial charge is 0.412 e. The van der Waals surface area contributed by atoms with Gasteiger partial charge in [0, 0.05) is 108 Å². The first-order valence-electron chi connectivity index (χ1n) is 33.0. The summed E-state index contributed by atoms with van der Waals surface area (Å²) in [5.41, 5.74) is 36.9. The van der Waals surface area contributed by atoms with Crippen molar-refractivity contribution < 1.29 is 57.0 Å². The van der Waals surface area contributed by atoms with Crippen LogP contribution in [0, 0.1) is 34.6 Å². The number of H-pyrrole nitrogens is 1. The van der Waals surface area contributed by atoms with Gasteiger partial charge in [0.25, 0.3) is 0 Å². The Balaban J connectivity index is 0.000000134. The molecule has 35 nitrogen and oxygen atoms in total. The van der Waals surface area contributed by atoms with Crippen LogP contribution in [0.5, 0.6) is 0 Å².